The summed E-state index contributed by atoms with van der Waals surface area (Å²) in [6.07, 6.45) is 0. The van der Waals surface area contributed by atoms with Crippen LogP contribution in [0.25, 0.3) is 0 Å². The molecule has 0 heterocycles. The van der Waals surface area contributed by atoms with Crippen molar-refractivity contribution in [2.24, 2.45) is 9.98 Å². The van der Waals surface area contributed by atoms with Gasteiger partial charge < -0.3 is 10.6 Å². The Morgan fingerprint density at radius 2 is 1.33 bits per heavy atom. The summed E-state index contributed by atoms with van der Waals surface area (Å²) < 4.78 is 12.0. The molecule has 0 aromatic carbocycles. The Morgan fingerprint density at radius 3 is 1.53 bits per heavy atom. The molecule has 0 rings (SSSR count). The van der Waals surface area contributed by atoms with Gasteiger partial charge in [0.25, 0.3) is 7.44 Å². The van der Waals surface area contributed by atoms with Crippen LogP contribution in [-0.4, -0.2) is 46.8 Å². The smallest absolute Gasteiger partial charge is 0.259 e. The van der Waals surface area contributed by atoms with Crippen molar-refractivity contribution in [1.29, 1.82) is 0 Å². The minimum atomic E-state index is -2.76. The summed E-state index contributed by atoms with van der Waals surface area (Å²) >= 11 is 0. The lowest BCUT2D eigenvalue weighted by Gasteiger charge is -2.19. The molecule has 0 aromatic rings. The summed E-state index contributed by atoms with van der Waals surface area (Å²) in [5, 5.41) is 11.1. The highest BCUT2D eigenvalue weighted by Crippen LogP contribution is 2.29. The highest BCUT2D eigenvalue weighted by atomic mass is 31.2. The molecule has 0 unspecified atom stereocenters. The number of hydrogen-bond acceptors (Lipinski definition) is 3. The van der Waals surface area contributed by atoms with Gasteiger partial charge in [0, 0.05) is 34.9 Å². The number of guanidine groups is 2. The van der Waals surface area contributed by atoms with Gasteiger partial charge in [0.2, 0.25) is 0 Å². The third-order valence-electron chi connectivity index (χ3n) is 1.56. The first kappa shape index (κ1) is 13.8. The monoisotopic (exact) mass is 234 g/mol. The van der Waals surface area contributed by atoms with Crippen molar-refractivity contribution < 1.29 is 4.57 Å². The van der Waals surface area contributed by atoms with Crippen molar-refractivity contribution in [3.05, 3.63) is 0 Å². The van der Waals surface area contributed by atoms with E-state index in [0.29, 0.717) is 11.9 Å². The Kier molecular flexibility index (Phi) is 5.77. The molecule has 0 radical (unpaired) electrons. The molecule has 0 aliphatic heterocycles. The van der Waals surface area contributed by atoms with E-state index in [2.05, 4.69) is 30.8 Å². The molecule has 4 N–H and O–H groups in total. The zero-order valence-corrected chi connectivity index (χ0v) is 10.6. The van der Waals surface area contributed by atoms with Crippen LogP contribution in [0.2, 0.25) is 0 Å². The number of nitrogens with zero attached hydrogens (tertiary/aromatic N) is 2. The second-order valence-electron chi connectivity index (χ2n) is 2.79. The van der Waals surface area contributed by atoms with E-state index in [0.717, 1.165) is 0 Å². The minimum Gasteiger partial charge on any atom is -0.359 e. The van der Waals surface area contributed by atoms with Crippen LogP contribution in [0.15, 0.2) is 9.98 Å². The highest BCUT2D eigenvalue weighted by molar-refractivity contribution is 7.60. The lowest BCUT2D eigenvalue weighted by Crippen LogP contribution is -2.40. The molecule has 0 saturated carbocycles. The van der Waals surface area contributed by atoms with Crippen LogP contribution in [0.1, 0.15) is 0 Å². The summed E-state index contributed by atoms with van der Waals surface area (Å²) in [4.78, 5) is 7.75. The molecule has 0 atom stereocenters. The quantitative estimate of drug-likeness (QED) is 0.291. The SMILES string of the molecule is CN=C(NC)NP(C)(=O)NC(=NC)NC. The van der Waals surface area contributed by atoms with Gasteiger partial charge in [-0.15, -0.1) is 0 Å². The molecule has 0 amide bonds. The Hall–Kier alpha value is -1.23. The zero-order chi connectivity index (χ0) is 11.9. The second kappa shape index (κ2) is 6.29. The minimum absolute atomic E-state index is 0.458. The highest BCUT2D eigenvalue weighted by Gasteiger charge is 2.17. The molecule has 0 aliphatic carbocycles. The maximum Gasteiger partial charge on any atom is 0.259 e. The summed E-state index contributed by atoms with van der Waals surface area (Å²) in [7, 11) is 3.84. The van der Waals surface area contributed by atoms with Gasteiger partial charge in [-0.2, -0.15) is 0 Å². The van der Waals surface area contributed by atoms with Crippen LogP contribution < -0.4 is 20.8 Å². The van der Waals surface area contributed by atoms with Gasteiger partial charge in [-0.3, -0.25) is 24.7 Å². The van der Waals surface area contributed by atoms with Gasteiger partial charge in [-0.05, 0) is 0 Å². The zero-order valence-electron chi connectivity index (χ0n) is 9.75. The van der Waals surface area contributed by atoms with Crippen molar-refractivity contribution in [2.75, 3.05) is 34.9 Å². The van der Waals surface area contributed by atoms with E-state index in [9.17, 15) is 4.57 Å². The second-order valence-corrected chi connectivity index (χ2v) is 5.09. The van der Waals surface area contributed by atoms with Gasteiger partial charge in [0.15, 0.2) is 11.9 Å². The molecule has 0 saturated heterocycles. The number of rotatable bonds is 2. The third kappa shape index (κ3) is 5.27. The van der Waals surface area contributed by atoms with Gasteiger partial charge >= 0.3 is 0 Å². The molecule has 0 spiro atoms. The standard InChI is InChI=1S/C7H19N6OP/c1-8-6(9-2)12-15(5,14)13-7(10-3)11-4/h1-5H3,(H4,8,9,10,11,12,13,14). The summed E-state index contributed by atoms with van der Waals surface area (Å²) in [6, 6.07) is 0. The first-order chi connectivity index (χ1) is 6.99. The average Bonchev–Trinajstić information content (AvgIpc) is 2.22. The topological polar surface area (TPSA) is 89.9 Å². The van der Waals surface area contributed by atoms with Crippen LogP contribution >= 0.6 is 7.44 Å². The van der Waals surface area contributed by atoms with Crippen LogP contribution in [-0.2, 0) is 4.57 Å². The van der Waals surface area contributed by atoms with E-state index in [-0.39, 0.29) is 0 Å². The molecule has 0 aliphatic rings. The normalized spacial score (nSPS) is 16.6. The Balaban J connectivity index is 4.50. The van der Waals surface area contributed by atoms with Crippen molar-refractivity contribution in [3.63, 3.8) is 0 Å². The van der Waals surface area contributed by atoms with Crippen LogP contribution in [0.3, 0.4) is 0 Å². The maximum absolute atomic E-state index is 12.0. The summed E-state index contributed by atoms with van der Waals surface area (Å²) in [6.45, 7) is 1.55. The Labute approximate surface area is 90.3 Å². The van der Waals surface area contributed by atoms with E-state index in [1.54, 1.807) is 34.9 Å². The van der Waals surface area contributed by atoms with Crippen molar-refractivity contribution in [1.82, 2.24) is 20.8 Å². The van der Waals surface area contributed by atoms with Crippen molar-refractivity contribution >= 4 is 19.4 Å². The van der Waals surface area contributed by atoms with Crippen LogP contribution in [0.5, 0.6) is 0 Å². The van der Waals surface area contributed by atoms with E-state index < -0.39 is 7.44 Å². The Bertz CT molecular complexity index is 274. The largest absolute Gasteiger partial charge is 0.359 e. The number of nitrogens with one attached hydrogen (secondary N) is 4. The van der Waals surface area contributed by atoms with Crippen molar-refractivity contribution in [2.45, 2.75) is 0 Å². The summed E-state index contributed by atoms with van der Waals surface area (Å²) in [5.74, 6) is 0.916. The van der Waals surface area contributed by atoms with Crippen LogP contribution in [0.4, 0.5) is 0 Å². The number of hydrogen-bond donors (Lipinski definition) is 4. The molecule has 8 heteroatoms. The lowest BCUT2D eigenvalue weighted by molar-refractivity contribution is 0.572. The maximum atomic E-state index is 12.0. The first-order valence-corrected chi connectivity index (χ1v) is 6.57. The fourth-order valence-corrected chi connectivity index (χ4v) is 2.16. The molecule has 0 fully saturated rings. The van der Waals surface area contributed by atoms with E-state index in [4.69, 9.17) is 0 Å². The van der Waals surface area contributed by atoms with Gasteiger partial charge in [-0.1, -0.05) is 0 Å². The van der Waals surface area contributed by atoms with E-state index in [1.807, 2.05) is 0 Å². The van der Waals surface area contributed by atoms with Gasteiger partial charge in [0.1, 0.15) is 0 Å². The molecular weight excluding hydrogens is 215 g/mol. The first-order valence-electron chi connectivity index (χ1n) is 4.42. The fourth-order valence-electron chi connectivity index (χ4n) is 0.868. The molecule has 7 nitrogen and oxygen atoms in total. The Morgan fingerprint density at radius 1 is 1.00 bits per heavy atom. The molecule has 15 heavy (non-hydrogen) atoms. The van der Waals surface area contributed by atoms with Gasteiger partial charge in [0.05, 0.1) is 0 Å². The van der Waals surface area contributed by atoms with Crippen molar-refractivity contribution in [3.8, 4) is 0 Å². The third-order valence-corrected chi connectivity index (χ3v) is 2.84. The van der Waals surface area contributed by atoms with E-state index >= 15 is 0 Å². The average molecular weight is 234 g/mol. The van der Waals surface area contributed by atoms with Gasteiger partial charge in [-0.25, -0.2) is 0 Å². The molecule has 88 valence electrons. The summed E-state index contributed by atoms with van der Waals surface area (Å²) in [5.41, 5.74) is 0. The number of aliphatic imine (C=N–C) groups is 2. The predicted octanol–water partition coefficient (Wildman–Crippen LogP) is -0.601. The molecule has 0 bridgehead atoms. The fraction of sp³-hybridized carbons (Fsp3) is 0.714. The molecule has 0 aromatic heterocycles. The lowest BCUT2D eigenvalue weighted by atomic mass is 11.0. The van der Waals surface area contributed by atoms with Crippen LogP contribution in [0, 0.1) is 0 Å². The molecular formula is C7H19N6OP. The van der Waals surface area contributed by atoms with E-state index in [1.165, 1.54) is 0 Å². The predicted molar refractivity (Wildman–Crippen MR) is 64.6 cm³/mol.